The van der Waals surface area contributed by atoms with Gasteiger partial charge in [0, 0.05) is 16.8 Å². The molecule has 1 aromatic rings. The van der Waals surface area contributed by atoms with Crippen LogP contribution in [0.25, 0.3) is 0 Å². The van der Waals surface area contributed by atoms with Crippen LogP contribution in [0, 0.1) is 5.41 Å². The van der Waals surface area contributed by atoms with Gasteiger partial charge in [-0.2, -0.15) is 0 Å². The zero-order chi connectivity index (χ0) is 12.8. The van der Waals surface area contributed by atoms with Crippen molar-refractivity contribution in [3.8, 4) is 0 Å². The van der Waals surface area contributed by atoms with Gasteiger partial charge in [-0.15, -0.1) is 11.3 Å². The monoisotopic (exact) mass is 251 g/mol. The number of amides is 2. The van der Waals surface area contributed by atoms with Gasteiger partial charge in [-0.05, 0) is 17.5 Å². The summed E-state index contributed by atoms with van der Waals surface area (Å²) in [6, 6.07) is 3.65. The quantitative estimate of drug-likeness (QED) is 0.792. The Morgan fingerprint density at radius 2 is 2.06 bits per heavy atom. The number of carbonyl (C=O) groups is 1. The molecule has 1 fully saturated rings. The molecule has 0 spiro atoms. The molecule has 1 aliphatic heterocycles. The van der Waals surface area contributed by atoms with E-state index in [-0.39, 0.29) is 23.3 Å². The van der Waals surface area contributed by atoms with Crippen molar-refractivity contribution in [1.29, 1.82) is 5.41 Å². The molecule has 4 nitrogen and oxygen atoms in total. The number of hydrogen-bond donors (Lipinski definition) is 2. The van der Waals surface area contributed by atoms with Crippen molar-refractivity contribution in [1.82, 2.24) is 10.2 Å². The lowest BCUT2D eigenvalue weighted by molar-refractivity contribution is 0.218. The van der Waals surface area contributed by atoms with Gasteiger partial charge < -0.3 is 4.90 Å². The van der Waals surface area contributed by atoms with Gasteiger partial charge in [0.25, 0.3) is 0 Å². The van der Waals surface area contributed by atoms with Gasteiger partial charge in [-0.3, -0.25) is 10.7 Å². The van der Waals surface area contributed by atoms with E-state index in [1.807, 2.05) is 6.07 Å². The molecule has 2 amide bonds. The van der Waals surface area contributed by atoms with Crippen molar-refractivity contribution in [3.63, 3.8) is 0 Å². The molecule has 0 aliphatic carbocycles. The van der Waals surface area contributed by atoms with E-state index in [1.54, 1.807) is 23.3 Å². The third kappa shape index (κ3) is 2.07. The standard InChI is InChI=1S/C12H17N3OS/c1-12(2,3)8-6-5-7(17-8)9-10(13)14-11(16)15(9)4/h5-6,9H,1-4H3,(H2,13,14,16). The van der Waals surface area contributed by atoms with Crippen LogP contribution in [0.15, 0.2) is 12.1 Å². The second kappa shape index (κ2) is 3.84. The molecule has 92 valence electrons. The van der Waals surface area contributed by atoms with E-state index in [2.05, 4.69) is 32.2 Å². The lowest BCUT2D eigenvalue weighted by Crippen LogP contribution is -2.24. The van der Waals surface area contributed by atoms with Crippen molar-refractivity contribution in [2.45, 2.75) is 32.2 Å². The minimum atomic E-state index is -0.247. The summed E-state index contributed by atoms with van der Waals surface area (Å²) in [5.41, 5.74) is 0.111. The number of likely N-dealkylation sites (N-methyl/N-ethyl adjacent to an activating group) is 1. The van der Waals surface area contributed by atoms with Gasteiger partial charge in [-0.25, -0.2) is 4.79 Å². The Labute approximate surface area is 105 Å². The fourth-order valence-electron chi connectivity index (χ4n) is 1.82. The number of amidine groups is 1. The normalized spacial score (nSPS) is 20.9. The topological polar surface area (TPSA) is 56.2 Å². The third-order valence-electron chi connectivity index (χ3n) is 2.86. The minimum Gasteiger partial charge on any atom is -0.312 e. The smallest absolute Gasteiger partial charge is 0.312 e. The predicted molar refractivity (Wildman–Crippen MR) is 69.8 cm³/mol. The highest BCUT2D eigenvalue weighted by molar-refractivity contribution is 7.12. The largest absolute Gasteiger partial charge is 0.323 e. The van der Waals surface area contributed by atoms with Crippen molar-refractivity contribution in [3.05, 3.63) is 21.9 Å². The van der Waals surface area contributed by atoms with Crippen LogP contribution in [0.4, 0.5) is 4.79 Å². The van der Waals surface area contributed by atoms with Crippen LogP contribution in [0.3, 0.4) is 0 Å². The third-order valence-corrected chi connectivity index (χ3v) is 4.42. The number of rotatable bonds is 1. The van der Waals surface area contributed by atoms with Crippen LogP contribution in [0.1, 0.15) is 36.6 Å². The summed E-state index contributed by atoms with van der Waals surface area (Å²) in [5.74, 6) is 0.264. The predicted octanol–water partition coefficient (Wildman–Crippen LogP) is 2.72. The first-order valence-corrected chi connectivity index (χ1v) is 6.35. The SMILES string of the molecule is CN1C(=O)NC(=N)C1c1ccc(C(C)(C)C)s1. The van der Waals surface area contributed by atoms with Crippen LogP contribution in [-0.2, 0) is 5.41 Å². The second-order valence-corrected chi connectivity index (χ2v) is 6.42. The molecule has 0 bridgehead atoms. The fraction of sp³-hybridized carbons (Fsp3) is 0.500. The van der Waals surface area contributed by atoms with Crippen molar-refractivity contribution in [2.75, 3.05) is 7.05 Å². The van der Waals surface area contributed by atoms with Gasteiger partial charge in [0.15, 0.2) is 0 Å². The fourth-order valence-corrected chi connectivity index (χ4v) is 3.04. The molecule has 0 saturated carbocycles. The van der Waals surface area contributed by atoms with E-state index in [9.17, 15) is 4.79 Å². The Morgan fingerprint density at radius 3 is 2.47 bits per heavy atom. The minimum absolute atomic E-state index is 0.111. The first kappa shape index (κ1) is 12.1. The summed E-state index contributed by atoms with van der Waals surface area (Å²) in [6.45, 7) is 6.49. The molecule has 1 aromatic heterocycles. The molecule has 5 heteroatoms. The number of nitrogens with one attached hydrogen (secondary N) is 2. The Bertz CT molecular complexity index is 472. The zero-order valence-corrected chi connectivity index (χ0v) is 11.3. The Balaban J connectivity index is 2.32. The van der Waals surface area contributed by atoms with Crippen molar-refractivity contribution < 1.29 is 4.79 Å². The van der Waals surface area contributed by atoms with Gasteiger partial charge in [0.1, 0.15) is 11.9 Å². The zero-order valence-electron chi connectivity index (χ0n) is 10.5. The highest BCUT2D eigenvalue weighted by Crippen LogP contribution is 2.35. The molecule has 0 aromatic carbocycles. The summed E-state index contributed by atoms with van der Waals surface area (Å²) in [7, 11) is 1.72. The first-order chi connectivity index (χ1) is 7.80. The lowest BCUT2D eigenvalue weighted by Gasteiger charge is -2.17. The number of urea groups is 1. The Hall–Kier alpha value is -1.36. The van der Waals surface area contributed by atoms with E-state index < -0.39 is 0 Å². The van der Waals surface area contributed by atoms with Gasteiger partial charge in [0.2, 0.25) is 0 Å². The summed E-state index contributed by atoms with van der Waals surface area (Å²) in [4.78, 5) is 15.3. The Kier molecular flexibility index (Phi) is 2.73. The molecular weight excluding hydrogens is 234 g/mol. The summed E-state index contributed by atoms with van der Waals surface area (Å²) in [6.07, 6.45) is 0. The number of nitrogens with zero attached hydrogens (tertiary/aromatic N) is 1. The molecule has 17 heavy (non-hydrogen) atoms. The summed E-state index contributed by atoms with van der Waals surface area (Å²) in [5, 5.41) is 10.3. The van der Waals surface area contributed by atoms with Crippen LogP contribution in [-0.4, -0.2) is 23.8 Å². The van der Waals surface area contributed by atoms with Gasteiger partial charge in [0.05, 0.1) is 0 Å². The maximum absolute atomic E-state index is 11.5. The molecule has 2 heterocycles. The van der Waals surface area contributed by atoms with Crippen molar-refractivity contribution in [2.24, 2.45) is 0 Å². The molecule has 1 saturated heterocycles. The molecule has 1 unspecified atom stereocenters. The summed E-state index contributed by atoms with van der Waals surface area (Å²) < 4.78 is 0. The maximum atomic E-state index is 11.5. The molecular formula is C12H17N3OS. The number of carbonyl (C=O) groups excluding carboxylic acids is 1. The van der Waals surface area contributed by atoms with E-state index in [1.165, 1.54) is 4.88 Å². The number of hydrogen-bond acceptors (Lipinski definition) is 3. The second-order valence-electron chi connectivity index (χ2n) is 5.31. The molecule has 1 atom stereocenters. The van der Waals surface area contributed by atoms with Crippen LogP contribution in [0.5, 0.6) is 0 Å². The van der Waals surface area contributed by atoms with E-state index in [0.29, 0.717) is 0 Å². The van der Waals surface area contributed by atoms with Gasteiger partial charge >= 0.3 is 6.03 Å². The van der Waals surface area contributed by atoms with E-state index in [4.69, 9.17) is 5.41 Å². The van der Waals surface area contributed by atoms with E-state index in [0.717, 1.165) is 4.88 Å². The van der Waals surface area contributed by atoms with Crippen LogP contribution in [0.2, 0.25) is 0 Å². The van der Waals surface area contributed by atoms with Crippen LogP contribution < -0.4 is 5.32 Å². The maximum Gasteiger partial charge on any atom is 0.323 e. The van der Waals surface area contributed by atoms with Gasteiger partial charge in [-0.1, -0.05) is 20.8 Å². The first-order valence-electron chi connectivity index (χ1n) is 5.53. The Morgan fingerprint density at radius 1 is 1.41 bits per heavy atom. The average Bonchev–Trinajstić information content (AvgIpc) is 2.73. The molecule has 2 rings (SSSR count). The molecule has 1 aliphatic rings. The van der Waals surface area contributed by atoms with E-state index >= 15 is 0 Å². The highest BCUT2D eigenvalue weighted by Gasteiger charge is 2.35. The van der Waals surface area contributed by atoms with Crippen molar-refractivity contribution >= 4 is 23.2 Å². The van der Waals surface area contributed by atoms with Crippen LogP contribution >= 0.6 is 11.3 Å². The lowest BCUT2D eigenvalue weighted by atomic mass is 9.95. The average molecular weight is 251 g/mol. The number of thiophene rings is 1. The highest BCUT2D eigenvalue weighted by atomic mass is 32.1. The molecule has 0 radical (unpaired) electrons. The molecule has 2 N–H and O–H groups in total. The summed E-state index contributed by atoms with van der Waals surface area (Å²) >= 11 is 1.67.